The van der Waals surface area contributed by atoms with Gasteiger partial charge in [0.2, 0.25) is 0 Å². The smallest absolute Gasteiger partial charge is 0.323 e. The van der Waals surface area contributed by atoms with Crippen molar-refractivity contribution in [2.24, 2.45) is 0 Å². The van der Waals surface area contributed by atoms with Gasteiger partial charge in [0.1, 0.15) is 11.7 Å². The molecule has 4 rings (SSSR count). The van der Waals surface area contributed by atoms with Gasteiger partial charge in [-0.1, -0.05) is 66.7 Å². The fourth-order valence-electron chi connectivity index (χ4n) is 2.85. The molecule has 3 aromatic rings. The molecule has 1 aliphatic heterocycles. The Kier molecular flexibility index (Phi) is 2.36. The summed E-state index contributed by atoms with van der Waals surface area (Å²) in [6.45, 7) is 0. The number of esters is 1. The minimum absolute atomic E-state index is 0.192. The van der Waals surface area contributed by atoms with Crippen LogP contribution in [0.4, 0.5) is 0 Å². The first kappa shape index (κ1) is 11.2. The molecule has 0 spiro atoms. The van der Waals surface area contributed by atoms with Crippen molar-refractivity contribution >= 4 is 16.7 Å². The second-order valence-corrected chi connectivity index (χ2v) is 4.97. The topological polar surface area (TPSA) is 26.3 Å². The standard InChI is InChI=1S/C18H12O2/c19-18-16(13-7-2-1-3-8-13)15-11-10-12-6-4-5-9-14(12)17(15)20-18/h1-11,16H. The van der Waals surface area contributed by atoms with Gasteiger partial charge in [0.25, 0.3) is 0 Å². The molecular formula is C18H12O2. The van der Waals surface area contributed by atoms with Crippen LogP contribution in [0.25, 0.3) is 10.8 Å². The van der Waals surface area contributed by atoms with Crippen LogP contribution < -0.4 is 4.74 Å². The quantitative estimate of drug-likeness (QED) is 0.490. The van der Waals surface area contributed by atoms with Crippen LogP contribution in [0, 0.1) is 0 Å². The summed E-state index contributed by atoms with van der Waals surface area (Å²) in [6.07, 6.45) is 0. The van der Waals surface area contributed by atoms with E-state index in [0.29, 0.717) is 5.75 Å². The Labute approximate surface area is 116 Å². The molecular weight excluding hydrogens is 248 g/mol. The van der Waals surface area contributed by atoms with E-state index in [1.54, 1.807) is 0 Å². The Morgan fingerprint density at radius 3 is 2.40 bits per heavy atom. The van der Waals surface area contributed by atoms with Crippen molar-refractivity contribution in [2.75, 3.05) is 0 Å². The van der Waals surface area contributed by atoms with E-state index in [4.69, 9.17) is 4.74 Å². The minimum atomic E-state index is -0.309. The first-order chi connectivity index (χ1) is 9.84. The molecule has 1 heterocycles. The fourth-order valence-corrected chi connectivity index (χ4v) is 2.85. The zero-order chi connectivity index (χ0) is 13.5. The molecule has 1 unspecified atom stereocenters. The largest absolute Gasteiger partial charge is 0.425 e. The maximum atomic E-state index is 12.3. The summed E-state index contributed by atoms with van der Waals surface area (Å²) in [4.78, 5) is 12.3. The molecule has 2 nitrogen and oxygen atoms in total. The summed E-state index contributed by atoms with van der Waals surface area (Å²) < 4.78 is 5.55. The number of rotatable bonds is 1. The summed E-state index contributed by atoms with van der Waals surface area (Å²) >= 11 is 0. The lowest BCUT2D eigenvalue weighted by atomic mass is 9.91. The lowest BCUT2D eigenvalue weighted by Gasteiger charge is -2.07. The number of hydrogen-bond donors (Lipinski definition) is 0. The molecule has 96 valence electrons. The highest BCUT2D eigenvalue weighted by Crippen LogP contribution is 2.43. The van der Waals surface area contributed by atoms with Gasteiger partial charge in [0.05, 0.1) is 0 Å². The molecule has 0 aliphatic carbocycles. The Morgan fingerprint density at radius 2 is 1.55 bits per heavy atom. The Balaban J connectivity index is 1.96. The second kappa shape index (κ2) is 4.20. The molecule has 3 aromatic carbocycles. The summed E-state index contributed by atoms with van der Waals surface area (Å²) in [5, 5.41) is 2.09. The van der Waals surface area contributed by atoms with E-state index in [2.05, 4.69) is 0 Å². The van der Waals surface area contributed by atoms with E-state index in [1.807, 2.05) is 66.7 Å². The normalized spacial score (nSPS) is 17.0. The summed E-state index contributed by atoms with van der Waals surface area (Å²) in [5.74, 6) is 0.209. The predicted octanol–water partition coefficient (Wildman–Crippen LogP) is 3.89. The van der Waals surface area contributed by atoms with Gasteiger partial charge in [-0.15, -0.1) is 0 Å². The van der Waals surface area contributed by atoms with Gasteiger partial charge < -0.3 is 4.74 Å². The number of benzene rings is 3. The van der Waals surface area contributed by atoms with Crippen molar-refractivity contribution in [3.63, 3.8) is 0 Å². The molecule has 0 radical (unpaired) electrons. The van der Waals surface area contributed by atoms with Crippen molar-refractivity contribution in [1.82, 2.24) is 0 Å². The number of carbonyl (C=O) groups excluding carboxylic acids is 1. The Bertz CT molecular complexity index is 806. The van der Waals surface area contributed by atoms with E-state index in [9.17, 15) is 4.79 Å². The molecule has 0 N–H and O–H groups in total. The Morgan fingerprint density at radius 1 is 0.800 bits per heavy atom. The number of hydrogen-bond acceptors (Lipinski definition) is 2. The lowest BCUT2D eigenvalue weighted by molar-refractivity contribution is -0.133. The molecule has 0 amide bonds. The van der Waals surface area contributed by atoms with Gasteiger partial charge in [-0.3, -0.25) is 4.79 Å². The highest BCUT2D eigenvalue weighted by molar-refractivity contribution is 5.99. The van der Waals surface area contributed by atoms with E-state index in [0.717, 1.165) is 21.9 Å². The molecule has 20 heavy (non-hydrogen) atoms. The molecule has 1 atom stereocenters. The van der Waals surface area contributed by atoms with E-state index in [-0.39, 0.29) is 11.9 Å². The zero-order valence-corrected chi connectivity index (χ0v) is 10.7. The first-order valence-corrected chi connectivity index (χ1v) is 6.63. The van der Waals surface area contributed by atoms with E-state index in [1.165, 1.54) is 0 Å². The van der Waals surface area contributed by atoms with Gasteiger partial charge >= 0.3 is 5.97 Å². The maximum absolute atomic E-state index is 12.3. The molecule has 0 fully saturated rings. The van der Waals surface area contributed by atoms with Crippen LogP contribution in [0.1, 0.15) is 17.0 Å². The fraction of sp³-hybridized carbons (Fsp3) is 0.0556. The van der Waals surface area contributed by atoms with Crippen molar-refractivity contribution in [3.8, 4) is 5.75 Å². The average molecular weight is 260 g/mol. The van der Waals surface area contributed by atoms with Crippen LogP contribution >= 0.6 is 0 Å². The van der Waals surface area contributed by atoms with Crippen LogP contribution in [0.15, 0.2) is 66.7 Å². The SMILES string of the molecule is O=C1Oc2c(ccc3ccccc23)C1c1ccccc1. The van der Waals surface area contributed by atoms with Crippen molar-refractivity contribution in [2.45, 2.75) is 5.92 Å². The van der Waals surface area contributed by atoms with Gasteiger partial charge in [-0.2, -0.15) is 0 Å². The summed E-state index contributed by atoms with van der Waals surface area (Å²) in [7, 11) is 0. The molecule has 0 bridgehead atoms. The second-order valence-electron chi connectivity index (χ2n) is 4.97. The van der Waals surface area contributed by atoms with Crippen molar-refractivity contribution < 1.29 is 9.53 Å². The van der Waals surface area contributed by atoms with Gasteiger partial charge in [-0.25, -0.2) is 0 Å². The number of fused-ring (bicyclic) bond motifs is 3. The van der Waals surface area contributed by atoms with Crippen LogP contribution in [0.3, 0.4) is 0 Å². The van der Waals surface area contributed by atoms with Crippen LogP contribution in [-0.2, 0) is 4.79 Å². The van der Waals surface area contributed by atoms with Crippen LogP contribution in [0.5, 0.6) is 5.75 Å². The molecule has 1 aliphatic rings. The summed E-state index contributed by atoms with van der Waals surface area (Å²) in [5.41, 5.74) is 1.94. The average Bonchev–Trinajstić information content (AvgIpc) is 2.84. The molecule has 0 saturated carbocycles. The van der Waals surface area contributed by atoms with E-state index >= 15 is 0 Å². The summed E-state index contributed by atoms with van der Waals surface area (Å²) in [6, 6.07) is 21.8. The number of ether oxygens (including phenoxy) is 1. The molecule has 0 aromatic heterocycles. The molecule has 0 saturated heterocycles. The third kappa shape index (κ3) is 1.55. The van der Waals surface area contributed by atoms with Crippen molar-refractivity contribution in [3.05, 3.63) is 77.9 Å². The lowest BCUT2D eigenvalue weighted by Crippen LogP contribution is -2.11. The monoisotopic (exact) mass is 260 g/mol. The highest BCUT2D eigenvalue weighted by Gasteiger charge is 2.35. The van der Waals surface area contributed by atoms with Crippen LogP contribution in [0.2, 0.25) is 0 Å². The minimum Gasteiger partial charge on any atom is -0.425 e. The van der Waals surface area contributed by atoms with Gasteiger partial charge in [0, 0.05) is 10.9 Å². The van der Waals surface area contributed by atoms with Gasteiger partial charge in [0.15, 0.2) is 0 Å². The Hall–Kier alpha value is -2.61. The van der Waals surface area contributed by atoms with E-state index < -0.39 is 0 Å². The maximum Gasteiger partial charge on any atom is 0.323 e. The molecule has 2 heteroatoms. The highest BCUT2D eigenvalue weighted by atomic mass is 16.5. The third-order valence-corrected chi connectivity index (χ3v) is 3.79. The first-order valence-electron chi connectivity index (χ1n) is 6.63. The zero-order valence-electron chi connectivity index (χ0n) is 10.7. The van der Waals surface area contributed by atoms with Gasteiger partial charge in [-0.05, 0) is 10.9 Å². The number of carbonyl (C=O) groups is 1. The third-order valence-electron chi connectivity index (χ3n) is 3.79. The van der Waals surface area contributed by atoms with Crippen LogP contribution in [-0.4, -0.2) is 5.97 Å². The van der Waals surface area contributed by atoms with Crippen molar-refractivity contribution in [1.29, 1.82) is 0 Å². The predicted molar refractivity (Wildman–Crippen MR) is 77.9 cm³/mol.